The molecule has 0 saturated carbocycles. The van der Waals surface area contributed by atoms with E-state index in [0.717, 1.165) is 24.7 Å². The van der Waals surface area contributed by atoms with E-state index in [4.69, 9.17) is 25.8 Å². The summed E-state index contributed by atoms with van der Waals surface area (Å²) in [6, 6.07) is 17.8. The number of fused-ring (bicyclic) bond motifs is 1. The number of aldehydes is 1. The molecule has 3 aromatic carbocycles. The number of carbonyl (C=O) groups is 2. The van der Waals surface area contributed by atoms with Crippen molar-refractivity contribution in [3.8, 4) is 17.2 Å². The number of aliphatic hydroxyl groups is 1. The Morgan fingerprint density at radius 3 is 2.54 bits per heavy atom. The summed E-state index contributed by atoms with van der Waals surface area (Å²) < 4.78 is 17.0. The summed E-state index contributed by atoms with van der Waals surface area (Å²) in [6.07, 6.45) is 1.42. The number of aryl methyl sites for hydroxylation is 1. The van der Waals surface area contributed by atoms with Crippen LogP contribution >= 0.6 is 11.6 Å². The number of halogens is 1. The predicted octanol–water partition coefficient (Wildman–Crippen LogP) is 6.78. The molecule has 0 radical (unpaired) electrons. The molecule has 0 spiro atoms. The van der Waals surface area contributed by atoms with Gasteiger partial charge in [0.05, 0.1) is 25.3 Å². The van der Waals surface area contributed by atoms with Crippen LogP contribution in [0.15, 0.2) is 60.7 Å². The first-order chi connectivity index (χ1) is 18.6. The number of rotatable bonds is 8. The first-order valence-corrected chi connectivity index (χ1v) is 13.3. The molecule has 8 heteroatoms. The normalized spacial score (nSPS) is 15.6. The van der Waals surface area contributed by atoms with Crippen molar-refractivity contribution in [3.05, 3.63) is 87.9 Å². The average molecular weight is 552 g/mol. The zero-order chi connectivity index (χ0) is 28.2. The van der Waals surface area contributed by atoms with Crippen LogP contribution in [0.5, 0.6) is 17.2 Å². The van der Waals surface area contributed by atoms with E-state index in [1.807, 2.05) is 39.0 Å². The Hall–Kier alpha value is -3.55. The van der Waals surface area contributed by atoms with Crippen LogP contribution in [0.1, 0.15) is 60.3 Å². The first-order valence-electron chi connectivity index (χ1n) is 12.9. The zero-order valence-corrected chi connectivity index (χ0v) is 23.4. The molecule has 1 aliphatic carbocycles. The van der Waals surface area contributed by atoms with E-state index in [-0.39, 0.29) is 12.6 Å². The third kappa shape index (κ3) is 7.31. The van der Waals surface area contributed by atoms with Crippen LogP contribution < -0.4 is 9.47 Å². The molecule has 0 bridgehead atoms. The lowest BCUT2D eigenvalue weighted by Crippen LogP contribution is -2.47. The number of ether oxygens (including phenoxy) is 3. The van der Waals surface area contributed by atoms with Crippen molar-refractivity contribution in [1.82, 2.24) is 4.90 Å². The fourth-order valence-corrected chi connectivity index (χ4v) is 4.95. The molecule has 2 atom stereocenters. The number of nitrogens with zero attached hydrogens (tertiary/aromatic N) is 1. The summed E-state index contributed by atoms with van der Waals surface area (Å²) >= 11 is 6.13. The minimum absolute atomic E-state index is 0.0752. The highest BCUT2D eigenvalue weighted by atomic mass is 35.5. The molecular weight excluding hydrogens is 518 g/mol. The fraction of sp³-hybridized carbons (Fsp3) is 0.355. The molecule has 0 heterocycles. The minimum Gasteiger partial charge on any atom is -0.496 e. The Bertz CT molecular complexity index is 1330. The smallest absolute Gasteiger partial charge is 0.410 e. The third-order valence-corrected chi connectivity index (χ3v) is 6.85. The van der Waals surface area contributed by atoms with E-state index in [0.29, 0.717) is 39.8 Å². The van der Waals surface area contributed by atoms with Crippen molar-refractivity contribution in [3.63, 3.8) is 0 Å². The van der Waals surface area contributed by atoms with Gasteiger partial charge in [0.2, 0.25) is 0 Å². The second-order valence-electron chi connectivity index (χ2n) is 10.7. The van der Waals surface area contributed by atoms with Gasteiger partial charge in [0, 0.05) is 11.1 Å². The standard InChI is InChI=1S/C31H34ClNO6/c1-31(2,3)39-30(36)33(18-28(35)21-6-5-7-24(32)14-21)25-10-8-20-9-11-26(16-22(20)15-25)38-27-12-13-29(37-4)23(17-27)19-34/h5-7,9,11-14,16-17,19,25,28,35H,8,10,15,18H2,1-4H3/t25-,28+/m0/s1. The van der Waals surface area contributed by atoms with Gasteiger partial charge < -0.3 is 24.2 Å². The van der Waals surface area contributed by atoms with Crippen molar-refractivity contribution in [1.29, 1.82) is 0 Å². The molecule has 206 valence electrons. The molecule has 1 aliphatic rings. The van der Waals surface area contributed by atoms with Crippen molar-refractivity contribution in [2.24, 2.45) is 0 Å². The quantitative estimate of drug-likeness (QED) is 0.310. The van der Waals surface area contributed by atoms with Gasteiger partial charge in [-0.25, -0.2) is 4.79 Å². The number of aliphatic hydroxyl groups excluding tert-OH is 1. The third-order valence-electron chi connectivity index (χ3n) is 6.62. The van der Waals surface area contributed by atoms with Crippen molar-refractivity contribution < 1.29 is 28.9 Å². The van der Waals surface area contributed by atoms with Crippen LogP contribution in [-0.2, 0) is 17.6 Å². The number of hydrogen-bond acceptors (Lipinski definition) is 6. The molecule has 0 aliphatic heterocycles. The van der Waals surface area contributed by atoms with E-state index < -0.39 is 17.8 Å². The molecule has 3 aromatic rings. The summed E-state index contributed by atoms with van der Waals surface area (Å²) in [4.78, 5) is 26.4. The number of benzene rings is 3. The van der Waals surface area contributed by atoms with E-state index in [2.05, 4.69) is 0 Å². The van der Waals surface area contributed by atoms with Gasteiger partial charge in [-0.15, -0.1) is 0 Å². The molecule has 39 heavy (non-hydrogen) atoms. The largest absolute Gasteiger partial charge is 0.496 e. The molecule has 0 saturated heterocycles. The summed E-state index contributed by atoms with van der Waals surface area (Å²) in [5.41, 5.74) is 2.60. The monoisotopic (exact) mass is 551 g/mol. The number of methoxy groups -OCH3 is 1. The van der Waals surface area contributed by atoms with Crippen LogP contribution in [0.2, 0.25) is 5.02 Å². The SMILES string of the molecule is COc1ccc(Oc2ccc3c(c2)C[C@@H](N(C[C@@H](O)c2cccc(Cl)c2)C(=O)OC(C)(C)C)CC3)cc1C=O. The molecule has 4 rings (SSSR count). The second-order valence-corrected chi connectivity index (χ2v) is 11.1. The Morgan fingerprint density at radius 2 is 1.85 bits per heavy atom. The first kappa shape index (κ1) is 28.5. The van der Waals surface area contributed by atoms with Crippen LogP contribution in [-0.4, -0.2) is 47.7 Å². The van der Waals surface area contributed by atoms with E-state index in [1.54, 1.807) is 47.4 Å². The second kappa shape index (κ2) is 12.1. The highest BCUT2D eigenvalue weighted by Gasteiger charge is 2.33. The highest BCUT2D eigenvalue weighted by molar-refractivity contribution is 6.30. The lowest BCUT2D eigenvalue weighted by Gasteiger charge is -2.37. The van der Waals surface area contributed by atoms with Gasteiger partial charge >= 0.3 is 6.09 Å². The topological polar surface area (TPSA) is 85.3 Å². The van der Waals surface area contributed by atoms with Crippen molar-refractivity contribution >= 4 is 24.0 Å². The van der Waals surface area contributed by atoms with Gasteiger partial charge in [-0.1, -0.05) is 29.8 Å². The number of hydrogen-bond donors (Lipinski definition) is 1. The summed E-state index contributed by atoms with van der Waals surface area (Å²) in [5.74, 6) is 1.62. The summed E-state index contributed by atoms with van der Waals surface area (Å²) in [7, 11) is 1.51. The van der Waals surface area contributed by atoms with Crippen LogP contribution in [0.4, 0.5) is 4.79 Å². The highest BCUT2D eigenvalue weighted by Crippen LogP contribution is 2.33. The molecule has 1 amide bonds. The summed E-state index contributed by atoms with van der Waals surface area (Å²) in [5, 5.41) is 11.5. The van der Waals surface area contributed by atoms with Gasteiger partial charge in [-0.2, -0.15) is 0 Å². The van der Waals surface area contributed by atoms with E-state index in [1.165, 1.54) is 12.7 Å². The average Bonchev–Trinajstić information content (AvgIpc) is 2.90. The lowest BCUT2D eigenvalue weighted by atomic mass is 9.87. The zero-order valence-electron chi connectivity index (χ0n) is 22.6. The minimum atomic E-state index is -0.922. The van der Waals surface area contributed by atoms with Gasteiger partial charge in [0.1, 0.15) is 22.8 Å². The van der Waals surface area contributed by atoms with Crippen LogP contribution in [0, 0.1) is 0 Å². The lowest BCUT2D eigenvalue weighted by molar-refractivity contribution is 0.00195. The Morgan fingerprint density at radius 1 is 1.10 bits per heavy atom. The Balaban J connectivity index is 1.56. The van der Waals surface area contributed by atoms with Gasteiger partial charge in [0.25, 0.3) is 0 Å². The van der Waals surface area contributed by atoms with Crippen LogP contribution in [0.3, 0.4) is 0 Å². The number of amides is 1. The van der Waals surface area contributed by atoms with E-state index in [9.17, 15) is 14.7 Å². The summed E-state index contributed by atoms with van der Waals surface area (Å²) in [6.45, 7) is 5.55. The maximum atomic E-state index is 13.3. The van der Waals surface area contributed by atoms with E-state index >= 15 is 0 Å². The predicted molar refractivity (Wildman–Crippen MR) is 150 cm³/mol. The molecule has 1 N–H and O–H groups in total. The molecule has 0 fully saturated rings. The van der Waals surface area contributed by atoms with Gasteiger partial charge in [-0.3, -0.25) is 4.79 Å². The maximum absolute atomic E-state index is 13.3. The molecule has 7 nitrogen and oxygen atoms in total. The van der Waals surface area contributed by atoms with Gasteiger partial charge in [0.15, 0.2) is 6.29 Å². The molecule has 0 aromatic heterocycles. The van der Waals surface area contributed by atoms with Crippen molar-refractivity contribution in [2.75, 3.05) is 13.7 Å². The molecular formula is C31H34ClNO6. The number of carbonyl (C=O) groups excluding carboxylic acids is 2. The van der Waals surface area contributed by atoms with Crippen LogP contribution in [0.25, 0.3) is 0 Å². The molecule has 0 unspecified atom stereocenters. The Kier molecular flexibility index (Phi) is 8.83. The fourth-order valence-electron chi connectivity index (χ4n) is 4.75. The van der Waals surface area contributed by atoms with Crippen molar-refractivity contribution in [2.45, 2.75) is 57.8 Å². The Labute approximate surface area is 234 Å². The van der Waals surface area contributed by atoms with Gasteiger partial charge in [-0.05, 0) is 99.2 Å². The maximum Gasteiger partial charge on any atom is 0.410 e.